The van der Waals surface area contributed by atoms with Gasteiger partial charge in [-0.25, -0.2) is 8.42 Å². The first-order chi connectivity index (χ1) is 11.0. The summed E-state index contributed by atoms with van der Waals surface area (Å²) in [5, 5.41) is 2.70. The van der Waals surface area contributed by atoms with Crippen LogP contribution in [0.15, 0.2) is 18.2 Å². The highest BCUT2D eigenvalue weighted by Gasteiger charge is 2.26. The lowest BCUT2D eigenvalue weighted by Gasteiger charge is -2.28. The van der Waals surface area contributed by atoms with Crippen LogP contribution in [0.2, 0.25) is 0 Å². The molecule has 1 aliphatic heterocycles. The molecule has 6 nitrogen and oxygen atoms in total. The molecule has 0 fully saturated rings. The van der Waals surface area contributed by atoms with Crippen LogP contribution in [0.1, 0.15) is 30.9 Å². The number of nitrogens with zero attached hydrogens (tertiary/aromatic N) is 1. The first kappa shape index (κ1) is 17.7. The number of ether oxygens (including phenoxy) is 1. The number of hydrogen-bond donors (Lipinski definition) is 1. The van der Waals surface area contributed by atoms with Crippen molar-refractivity contribution >= 4 is 15.9 Å². The van der Waals surface area contributed by atoms with Crippen molar-refractivity contribution in [2.45, 2.75) is 32.7 Å². The van der Waals surface area contributed by atoms with Crippen LogP contribution < -0.4 is 10.1 Å². The smallest absolute Gasteiger partial charge is 0.219 e. The van der Waals surface area contributed by atoms with E-state index in [1.54, 1.807) is 14.0 Å². The van der Waals surface area contributed by atoms with Crippen molar-refractivity contribution in [1.82, 2.24) is 9.62 Å². The van der Waals surface area contributed by atoms with Gasteiger partial charge in [0.1, 0.15) is 5.75 Å². The molecule has 23 heavy (non-hydrogen) atoms. The van der Waals surface area contributed by atoms with Crippen LogP contribution in [0.5, 0.6) is 5.75 Å². The first-order valence-electron chi connectivity index (χ1n) is 7.86. The summed E-state index contributed by atoms with van der Waals surface area (Å²) in [7, 11) is -1.67. The number of sulfonamides is 1. The van der Waals surface area contributed by atoms with Gasteiger partial charge in [0, 0.05) is 26.1 Å². The molecule has 0 saturated heterocycles. The van der Waals surface area contributed by atoms with Gasteiger partial charge in [0.2, 0.25) is 15.9 Å². The Morgan fingerprint density at radius 2 is 2.13 bits per heavy atom. The van der Waals surface area contributed by atoms with E-state index in [0.29, 0.717) is 38.9 Å². The van der Waals surface area contributed by atoms with E-state index in [0.717, 1.165) is 16.9 Å². The highest BCUT2D eigenvalue weighted by atomic mass is 32.2. The lowest BCUT2D eigenvalue weighted by molar-refractivity contribution is -0.120. The number of carbonyl (C=O) groups is 1. The van der Waals surface area contributed by atoms with E-state index in [-0.39, 0.29) is 11.7 Å². The maximum Gasteiger partial charge on any atom is 0.219 e. The number of carbonyl (C=O) groups excluding carboxylic acids is 1. The normalized spacial score (nSPS) is 15.0. The summed E-state index contributed by atoms with van der Waals surface area (Å²) in [4.78, 5) is 11.1. The Hall–Kier alpha value is -1.60. The molecule has 0 atom stereocenters. The number of hydrogen-bond acceptors (Lipinski definition) is 4. The van der Waals surface area contributed by atoms with Gasteiger partial charge >= 0.3 is 0 Å². The third-order valence-corrected chi connectivity index (χ3v) is 5.91. The third-order valence-electron chi connectivity index (χ3n) is 4.01. The fourth-order valence-electron chi connectivity index (χ4n) is 2.60. The summed E-state index contributed by atoms with van der Waals surface area (Å²) >= 11 is 0. The predicted molar refractivity (Wildman–Crippen MR) is 88.8 cm³/mol. The largest absolute Gasteiger partial charge is 0.497 e. The molecule has 2 rings (SSSR count). The molecule has 0 bridgehead atoms. The van der Waals surface area contributed by atoms with Gasteiger partial charge in [-0.2, -0.15) is 4.31 Å². The second-order valence-corrected chi connectivity index (χ2v) is 7.68. The zero-order valence-electron chi connectivity index (χ0n) is 13.7. The summed E-state index contributed by atoms with van der Waals surface area (Å²) in [6.07, 6.45) is 1.54. The Labute approximate surface area is 137 Å². The Morgan fingerprint density at radius 3 is 2.83 bits per heavy atom. The number of fused-ring (bicyclic) bond motifs is 1. The molecule has 1 aliphatic rings. The van der Waals surface area contributed by atoms with Gasteiger partial charge in [-0.15, -0.1) is 0 Å². The molecular formula is C16H24N2O4S. The van der Waals surface area contributed by atoms with Crippen molar-refractivity contribution < 1.29 is 17.9 Å². The highest BCUT2D eigenvalue weighted by Crippen LogP contribution is 2.25. The number of nitrogens with one attached hydrogen (secondary N) is 1. The summed E-state index contributed by atoms with van der Waals surface area (Å²) < 4.78 is 31.6. The predicted octanol–water partition coefficient (Wildman–Crippen LogP) is 1.30. The number of methoxy groups -OCH3 is 1. The van der Waals surface area contributed by atoms with E-state index < -0.39 is 10.0 Å². The first-order valence-corrected chi connectivity index (χ1v) is 9.47. The minimum absolute atomic E-state index is 0.0526. The summed E-state index contributed by atoms with van der Waals surface area (Å²) in [6, 6.07) is 5.76. The molecule has 128 valence electrons. The minimum Gasteiger partial charge on any atom is -0.497 e. The molecule has 0 radical (unpaired) electrons. The van der Waals surface area contributed by atoms with Gasteiger partial charge in [-0.05, 0) is 36.1 Å². The van der Waals surface area contributed by atoms with Crippen LogP contribution >= 0.6 is 0 Å². The van der Waals surface area contributed by atoms with Crippen LogP contribution in [-0.4, -0.2) is 44.6 Å². The Bertz CT molecular complexity index is 658. The number of amides is 1. The lowest BCUT2D eigenvalue weighted by atomic mass is 10.0. The molecule has 1 aromatic rings. The van der Waals surface area contributed by atoms with E-state index >= 15 is 0 Å². The van der Waals surface area contributed by atoms with Crippen molar-refractivity contribution in [2.24, 2.45) is 0 Å². The SMILES string of the molecule is CCC(=O)NCCCS(=O)(=O)N1CCc2cc(OC)ccc2C1. The van der Waals surface area contributed by atoms with E-state index in [4.69, 9.17) is 4.74 Å². The maximum absolute atomic E-state index is 12.4. The van der Waals surface area contributed by atoms with Crippen LogP contribution in [-0.2, 0) is 27.8 Å². The van der Waals surface area contributed by atoms with Crippen LogP contribution in [0.4, 0.5) is 0 Å². The van der Waals surface area contributed by atoms with Crippen molar-refractivity contribution in [2.75, 3.05) is 26.0 Å². The Balaban J connectivity index is 1.92. The fraction of sp³-hybridized carbons (Fsp3) is 0.562. The molecular weight excluding hydrogens is 316 g/mol. The molecule has 1 amide bonds. The average molecular weight is 340 g/mol. The average Bonchev–Trinajstić information content (AvgIpc) is 2.57. The molecule has 0 unspecified atom stereocenters. The van der Waals surface area contributed by atoms with Gasteiger partial charge in [-0.1, -0.05) is 13.0 Å². The second-order valence-electron chi connectivity index (χ2n) is 5.59. The number of rotatable bonds is 7. The van der Waals surface area contributed by atoms with E-state index in [1.165, 1.54) is 4.31 Å². The van der Waals surface area contributed by atoms with Crippen molar-refractivity contribution in [3.63, 3.8) is 0 Å². The van der Waals surface area contributed by atoms with Crippen molar-refractivity contribution in [3.8, 4) is 5.75 Å². The molecule has 0 spiro atoms. The van der Waals surface area contributed by atoms with E-state index in [2.05, 4.69) is 5.32 Å². The van der Waals surface area contributed by atoms with E-state index in [1.807, 2.05) is 18.2 Å². The Morgan fingerprint density at radius 1 is 1.35 bits per heavy atom. The van der Waals surface area contributed by atoms with Gasteiger partial charge in [0.15, 0.2) is 0 Å². The standard InChI is InChI=1S/C16H24N2O4S/c1-3-16(19)17-8-4-10-23(20,21)18-9-7-13-11-15(22-2)6-5-14(13)12-18/h5-6,11H,3-4,7-10,12H2,1-2H3,(H,17,19). The Kier molecular flexibility index (Phi) is 6.01. The van der Waals surface area contributed by atoms with Gasteiger partial charge in [0.25, 0.3) is 0 Å². The van der Waals surface area contributed by atoms with Gasteiger partial charge < -0.3 is 10.1 Å². The topological polar surface area (TPSA) is 75.7 Å². The lowest BCUT2D eigenvalue weighted by Crippen LogP contribution is -2.38. The summed E-state index contributed by atoms with van der Waals surface area (Å²) in [6.45, 7) is 3.06. The molecule has 1 heterocycles. The summed E-state index contributed by atoms with van der Waals surface area (Å²) in [5.41, 5.74) is 2.17. The summed E-state index contributed by atoms with van der Waals surface area (Å²) in [5.74, 6) is 0.803. The molecule has 1 aromatic carbocycles. The monoisotopic (exact) mass is 340 g/mol. The van der Waals surface area contributed by atoms with Crippen LogP contribution in [0, 0.1) is 0 Å². The van der Waals surface area contributed by atoms with Crippen molar-refractivity contribution in [3.05, 3.63) is 29.3 Å². The molecule has 0 aromatic heterocycles. The zero-order valence-corrected chi connectivity index (χ0v) is 14.5. The fourth-order valence-corrected chi connectivity index (χ4v) is 4.08. The molecule has 7 heteroatoms. The highest BCUT2D eigenvalue weighted by molar-refractivity contribution is 7.89. The zero-order chi connectivity index (χ0) is 16.9. The minimum atomic E-state index is -3.30. The molecule has 0 saturated carbocycles. The third kappa shape index (κ3) is 4.68. The second kappa shape index (κ2) is 7.79. The quantitative estimate of drug-likeness (QED) is 0.759. The number of benzene rings is 1. The van der Waals surface area contributed by atoms with Crippen LogP contribution in [0.3, 0.4) is 0 Å². The van der Waals surface area contributed by atoms with Crippen LogP contribution in [0.25, 0.3) is 0 Å². The maximum atomic E-state index is 12.4. The van der Waals surface area contributed by atoms with Crippen molar-refractivity contribution in [1.29, 1.82) is 0 Å². The molecule has 0 aliphatic carbocycles. The van der Waals surface area contributed by atoms with Gasteiger partial charge in [-0.3, -0.25) is 4.79 Å². The molecule has 1 N–H and O–H groups in total. The van der Waals surface area contributed by atoms with E-state index in [9.17, 15) is 13.2 Å². The van der Waals surface area contributed by atoms with Gasteiger partial charge in [0.05, 0.1) is 12.9 Å².